The summed E-state index contributed by atoms with van der Waals surface area (Å²) in [4.78, 5) is 12.8. The minimum Gasteiger partial charge on any atom is -0.391 e. The molecule has 0 saturated heterocycles. The third kappa shape index (κ3) is 4.53. The summed E-state index contributed by atoms with van der Waals surface area (Å²) in [6.45, 7) is 0. The van der Waals surface area contributed by atoms with E-state index in [1.54, 1.807) is 0 Å². The second kappa shape index (κ2) is 7.55. The molecule has 0 atom stereocenters. The van der Waals surface area contributed by atoms with Crippen LogP contribution in [0.2, 0.25) is 0 Å². The van der Waals surface area contributed by atoms with Crippen LogP contribution in [0.25, 0.3) is 0 Å². The summed E-state index contributed by atoms with van der Waals surface area (Å²) in [6, 6.07) is 9.77. The largest absolute Gasteiger partial charge is 0.391 e. The van der Waals surface area contributed by atoms with Crippen LogP contribution < -0.4 is 11.1 Å². The molecule has 0 unspecified atom stereocenters. The fraction of sp³-hybridized carbons (Fsp3) is 0.529. The molecule has 0 spiro atoms. The van der Waals surface area contributed by atoms with Crippen LogP contribution in [-0.4, -0.2) is 16.4 Å². The highest BCUT2D eigenvalue weighted by Crippen LogP contribution is 2.27. The van der Waals surface area contributed by atoms with Crippen molar-refractivity contribution in [1.82, 2.24) is 5.32 Å². The van der Waals surface area contributed by atoms with Crippen molar-refractivity contribution in [3.8, 4) is 0 Å². The van der Waals surface area contributed by atoms with Crippen LogP contribution in [0, 0.1) is 0 Å². The minimum absolute atomic E-state index is 0.00886. The number of nitrogens with one attached hydrogen (secondary N) is 1. The van der Waals surface area contributed by atoms with E-state index < -0.39 is 5.54 Å². The molecule has 1 aromatic carbocycles. The molecule has 0 bridgehead atoms. The number of carbonyl (C=O) groups is 1. The zero-order valence-corrected chi connectivity index (χ0v) is 13.3. The maximum Gasteiger partial charge on any atom is 0.225 e. The van der Waals surface area contributed by atoms with Crippen molar-refractivity contribution in [3.05, 3.63) is 35.9 Å². The van der Waals surface area contributed by atoms with Gasteiger partial charge in [0.2, 0.25) is 5.91 Å². The van der Waals surface area contributed by atoms with Crippen molar-refractivity contribution in [1.29, 1.82) is 0 Å². The molecule has 1 fully saturated rings. The predicted octanol–water partition coefficient (Wildman–Crippen LogP) is 3.11. The van der Waals surface area contributed by atoms with Crippen LogP contribution in [0.1, 0.15) is 50.5 Å². The van der Waals surface area contributed by atoms with E-state index in [1.165, 1.54) is 19.3 Å². The van der Waals surface area contributed by atoms with Crippen molar-refractivity contribution < 1.29 is 4.79 Å². The van der Waals surface area contributed by atoms with E-state index in [4.69, 9.17) is 18.0 Å². The molecule has 3 nitrogen and oxygen atoms in total. The van der Waals surface area contributed by atoms with E-state index in [1.807, 2.05) is 30.3 Å². The maximum atomic E-state index is 12.4. The lowest BCUT2D eigenvalue weighted by Crippen LogP contribution is -2.57. The van der Waals surface area contributed by atoms with Crippen LogP contribution >= 0.6 is 12.2 Å². The smallest absolute Gasteiger partial charge is 0.225 e. The Hall–Kier alpha value is -1.42. The van der Waals surface area contributed by atoms with Gasteiger partial charge in [0.15, 0.2) is 0 Å². The van der Waals surface area contributed by atoms with Gasteiger partial charge in [0.25, 0.3) is 0 Å². The van der Waals surface area contributed by atoms with Gasteiger partial charge in [-0.25, -0.2) is 0 Å². The second-order valence-electron chi connectivity index (χ2n) is 5.92. The first-order chi connectivity index (χ1) is 10.1. The van der Waals surface area contributed by atoms with E-state index in [0.717, 1.165) is 31.2 Å². The van der Waals surface area contributed by atoms with Gasteiger partial charge in [-0.1, -0.05) is 74.7 Å². The van der Waals surface area contributed by atoms with Gasteiger partial charge in [0, 0.05) is 0 Å². The van der Waals surface area contributed by atoms with Gasteiger partial charge in [-0.05, 0) is 18.4 Å². The molecule has 1 aliphatic rings. The van der Waals surface area contributed by atoms with Crippen molar-refractivity contribution >= 4 is 23.1 Å². The molecule has 3 N–H and O–H groups in total. The van der Waals surface area contributed by atoms with E-state index in [2.05, 4.69) is 5.32 Å². The molecule has 4 heteroatoms. The van der Waals surface area contributed by atoms with Crippen LogP contribution in [0.3, 0.4) is 0 Å². The Morgan fingerprint density at radius 3 is 2.24 bits per heavy atom. The molecule has 1 saturated carbocycles. The van der Waals surface area contributed by atoms with Gasteiger partial charge in [0.05, 0.1) is 16.9 Å². The summed E-state index contributed by atoms with van der Waals surface area (Å²) in [6.07, 6.45) is 7.91. The quantitative estimate of drug-likeness (QED) is 0.840. The van der Waals surface area contributed by atoms with E-state index >= 15 is 0 Å². The standard InChI is InChI=1S/C17H24N2OS/c18-16(21)17(11-7-2-1-3-8-12-17)19-15(20)13-14-9-5-4-6-10-14/h4-6,9-10H,1-3,7-8,11-13H2,(H2,18,21)(H,19,20). The van der Waals surface area contributed by atoms with Crippen LogP contribution in [0.4, 0.5) is 0 Å². The number of amides is 1. The average molecular weight is 304 g/mol. The van der Waals surface area contributed by atoms with Gasteiger partial charge in [-0.15, -0.1) is 0 Å². The summed E-state index contributed by atoms with van der Waals surface area (Å²) in [5.41, 5.74) is 6.51. The average Bonchev–Trinajstić information content (AvgIpc) is 2.42. The van der Waals surface area contributed by atoms with Crippen LogP contribution in [0.5, 0.6) is 0 Å². The monoisotopic (exact) mass is 304 g/mol. The number of rotatable bonds is 4. The number of hydrogen-bond acceptors (Lipinski definition) is 2. The molecule has 1 aromatic rings. The zero-order valence-electron chi connectivity index (χ0n) is 12.4. The molecule has 2 rings (SSSR count). The number of carbonyl (C=O) groups excluding carboxylic acids is 1. The van der Waals surface area contributed by atoms with Gasteiger partial charge in [0.1, 0.15) is 0 Å². The first-order valence-electron chi connectivity index (χ1n) is 7.77. The Balaban J connectivity index is 2.04. The Labute approximate surface area is 132 Å². The summed E-state index contributed by atoms with van der Waals surface area (Å²) in [5.74, 6) is 0.00886. The van der Waals surface area contributed by atoms with Gasteiger partial charge < -0.3 is 11.1 Å². The van der Waals surface area contributed by atoms with Crippen LogP contribution in [0.15, 0.2) is 30.3 Å². The van der Waals surface area contributed by atoms with Crippen LogP contribution in [-0.2, 0) is 11.2 Å². The highest BCUT2D eigenvalue weighted by molar-refractivity contribution is 7.80. The fourth-order valence-corrected chi connectivity index (χ4v) is 3.29. The lowest BCUT2D eigenvalue weighted by molar-refractivity contribution is -0.121. The number of benzene rings is 1. The first kappa shape index (κ1) is 16.0. The molecule has 1 aliphatic carbocycles. The summed E-state index contributed by atoms with van der Waals surface area (Å²) in [7, 11) is 0. The third-order valence-electron chi connectivity index (χ3n) is 4.26. The van der Waals surface area contributed by atoms with E-state index in [0.29, 0.717) is 11.4 Å². The van der Waals surface area contributed by atoms with Gasteiger partial charge in [-0.3, -0.25) is 4.79 Å². The minimum atomic E-state index is -0.485. The van der Waals surface area contributed by atoms with Crippen molar-refractivity contribution in [3.63, 3.8) is 0 Å². The maximum absolute atomic E-state index is 12.4. The van der Waals surface area contributed by atoms with Gasteiger partial charge in [-0.2, -0.15) is 0 Å². The molecular formula is C17H24N2OS. The number of hydrogen-bond donors (Lipinski definition) is 2. The molecule has 0 aliphatic heterocycles. The predicted molar refractivity (Wildman–Crippen MR) is 90.1 cm³/mol. The second-order valence-corrected chi connectivity index (χ2v) is 6.36. The highest BCUT2D eigenvalue weighted by atomic mass is 32.1. The SMILES string of the molecule is NC(=S)C1(NC(=O)Cc2ccccc2)CCCCCCC1. The van der Waals surface area contributed by atoms with E-state index in [-0.39, 0.29) is 5.91 Å². The number of nitrogens with two attached hydrogens (primary N) is 1. The molecule has 114 valence electrons. The van der Waals surface area contributed by atoms with Crippen molar-refractivity contribution in [2.24, 2.45) is 5.73 Å². The fourth-order valence-electron chi connectivity index (χ4n) is 3.03. The van der Waals surface area contributed by atoms with Crippen molar-refractivity contribution in [2.75, 3.05) is 0 Å². The lowest BCUT2D eigenvalue weighted by Gasteiger charge is -2.35. The number of thiocarbonyl (C=S) groups is 1. The third-order valence-corrected chi connectivity index (χ3v) is 4.66. The van der Waals surface area contributed by atoms with E-state index in [9.17, 15) is 4.79 Å². The molecule has 21 heavy (non-hydrogen) atoms. The lowest BCUT2D eigenvalue weighted by atomic mass is 9.83. The molecular weight excluding hydrogens is 280 g/mol. The normalized spacial score (nSPS) is 18.3. The summed E-state index contributed by atoms with van der Waals surface area (Å²) < 4.78 is 0. The molecule has 0 heterocycles. The topological polar surface area (TPSA) is 55.1 Å². The Bertz CT molecular complexity index is 479. The molecule has 1 amide bonds. The van der Waals surface area contributed by atoms with Gasteiger partial charge >= 0.3 is 0 Å². The summed E-state index contributed by atoms with van der Waals surface area (Å²) in [5, 5.41) is 3.14. The Kier molecular flexibility index (Phi) is 5.74. The molecule has 0 radical (unpaired) electrons. The Morgan fingerprint density at radius 2 is 1.67 bits per heavy atom. The zero-order chi connectivity index (χ0) is 15.1. The first-order valence-corrected chi connectivity index (χ1v) is 8.18. The highest BCUT2D eigenvalue weighted by Gasteiger charge is 2.34. The molecule has 0 aromatic heterocycles. The summed E-state index contributed by atoms with van der Waals surface area (Å²) >= 11 is 5.28. The Morgan fingerprint density at radius 1 is 1.10 bits per heavy atom. The van der Waals surface area contributed by atoms with Crippen molar-refractivity contribution in [2.45, 2.75) is 56.9 Å².